The third-order valence-electron chi connectivity index (χ3n) is 3.86. The third-order valence-corrected chi connectivity index (χ3v) is 3.86. The van der Waals surface area contributed by atoms with Gasteiger partial charge >= 0.3 is 0 Å². The summed E-state index contributed by atoms with van der Waals surface area (Å²) in [7, 11) is 1.93. The maximum absolute atomic E-state index is 13.9. The van der Waals surface area contributed by atoms with E-state index in [2.05, 4.69) is 11.4 Å². The largest absolute Gasteiger partial charge is 0.313 e. The summed E-state index contributed by atoms with van der Waals surface area (Å²) in [6, 6.07) is 10.5. The minimum Gasteiger partial charge on any atom is -0.313 e. The maximum Gasteiger partial charge on any atom is 0.166 e. The second-order valence-electron chi connectivity index (χ2n) is 4.85. The molecule has 19 heavy (non-hydrogen) atoms. The molecule has 0 aliphatic heterocycles. The van der Waals surface area contributed by atoms with Gasteiger partial charge in [0.05, 0.1) is 0 Å². The van der Waals surface area contributed by atoms with Crippen LogP contribution in [0.2, 0.25) is 0 Å². The molecule has 1 atom stereocenters. The summed E-state index contributed by atoms with van der Waals surface area (Å²) in [6.07, 6.45) is 1.90. The molecule has 0 aromatic heterocycles. The summed E-state index contributed by atoms with van der Waals surface area (Å²) < 4.78 is 27.3. The van der Waals surface area contributed by atoms with Gasteiger partial charge in [0.1, 0.15) is 0 Å². The maximum atomic E-state index is 13.9. The highest BCUT2D eigenvalue weighted by Crippen LogP contribution is 2.38. The van der Waals surface area contributed by atoms with Gasteiger partial charge in [0.25, 0.3) is 0 Å². The monoisotopic (exact) mass is 259 g/mol. The van der Waals surface area contributed by atoms with Crippen LogP contribution in [0.25, 0.3) is 11.1 Å². The molecule has 3 heteroatoms. The lowest BCUT2D eigenvalue weighted by molar-refractivity contribution is 0.511. The summed E-state index contributed by atoms with van der Waals surface area (Å²) in [6.45, 7) is 0. The predicted molar refractivity (Wildman–Crippen MR) is 71.9 cm³/mol. The molecule has 0 bridgehead atoms. The summed E-state index contributed by atoms with van der Waals surface area (Å²) in [5.41, 5.74) is 3.50. The molecule has 1 aliphatic rings. The molecule has 0 spiro atoms. The first-order chi connectivity index (χ1) is 9.22. The van der Waals surface area contributed by atoms with Crippen molar-refractivity contribution < 1.29 is 8.78 Å². The van der Waals surface area contributed by atoms with E-state index in [-0.39, 0.29) is 0 Å². The Morgan fingerprint density at radius 1 is 1.05 bits per heavy atom. The fourth-order valence-electron chi connectivity index (χ4n) is 2.92. The summed E-state index contributed by atoms with van der Waals surface area (Å²) in [4.78, 5) is 0. The number of nitrogens with one attached hydrogen (secondary N) is 1. The summed E-state index contributed by atoms with van der Waals surface area (Å²) in [5, 5.41) is 3.26. The van der Waals surface area contributed by atoms with Crippen LogP contribution in [0.15, 0.2) is 36.4 Å². The molecule has 1 N–H and O–H groups in total. The Balaban J connectivity index is 2.17. The van der Waals surface area contributed by atoms with Gasteiger partial charge in [-0.3, -0.25) is 0 Å². The van der Waals surface area contributed by atoms with Crippen molar-refractivity contribution in [3.63, 3.8) is 0 Å². The molecule has 0 saturated carbocycles. The quantitative estimate of drug-likeness (QED) is 0.864. The van der Waals surface area contributed by atoms with E-state index in [0.29, 0.717) is 11.6 Å². The van der Waals surface area contributed by atoms with Gasteiger partial charge in [0, 0.05) is 11.6 Å². The number of benzene rings is 2. The average molecular weight is 259 g/mol. The van der Waals surface area contributed by atoms with Gasteiger partial charge in [0.2, 0.25) is 0 Å². The topological polar surface area (TPSA) is 12.0 Å². The van der Waals surface area contributed by atoms with Gasteiger partial charge in [-0.15, -0.1) is 0 Å². The average Bonchev–Trinajstić information content (AvgIpc) is 2.85. The Bertz CT molecular complexity index is 622. The standard InChI is InChI=1S/C16H15F2N/c1-19-15-9-8-11-10(4-2-5-12(11)15)13-6-3-7-14(17)16(13)18/h2-7,15,19H,8-9H2,1H3. The van der Waals surface area contributed by atoms with Crippen molar-refractivity contribution in [2.45, 2.75) is 18.9 Å². The van der Waals surface area contributed by atoms with E-state index >= 15 is 0 Å². The molecule has 2 aromatic rings. The van der Waals surface area contributed by atoms with E-state index in [9.17, 15) is 8.78 Å². The fraction of sp³-hybridized carbons (Fsp3) is 0.250. The molecular formula is C16H15F2N. The van der Waals surface area contributed by atoms with Crippen molar-refractivity contribution in [3.8, 4) is 11.1 Å². The molecule has 2 aromatic carbocycles. The van der Waals surface area contributed by atoms with Crippen molar-refractivity contribution in [2.24, 2.45) is 0 Å². The number of rotatable bonds is 2. The lowest BCUT2D eigenvalue weighted by Gasteiger charge is -2.13. The van der Waals surface area contributed by atoms with Crippen molar-refractivity contribution in [3.05, 3.63) is 59.2 Å². The molecule has 3 rings (SSSR count). The van der Waals surface area contributed by atoms with E-state index < -0.39 is 11.6 Å². The van der Waals surface area contributed by atoms with Crippen LogP contribution < -0.4 is 5.32 Å². The highest BCUT2D eigenvalue weighted by molar-refractivity contribution is 5.70. The van der Waals surface area contributed by atoms with Crippen molar-refractivity contribution in [2.75, 3.05) is 7.05 Å². The Morgan fingerprint density at radius 3 is 2.58 bits per heavy atom. The SMILES string of the molecule is CNC1CCc2c(-c3cccc(F)c3F)cccc21. The molecule has 0 saturated heterocycles. The number of hydrogen-bond acceptors (Lipinski definition) is 1. The Hall–Kier alpha value is -1.74. The second-order valence-corrected chi connectivity index (χ2v) is 4.85. The smallest absolute Gasteiger partial charge is 0.166 e. The zero-order chi connectivity index (χ0) is 13.4. The second kappa shape index (κ2) is 4.74. The highest BCUT2D eigenvalue weighted by Gasteiger charge is 2.24. The zero-order valence-electron chi connectivity index (χ0n) is 10.7. The first-order valence-electron chi connectivity index (χ1n) is 6.46. The van der Waals surface area contributed by atoms with E-state index in [1.165, 1.54) is 5.56 Å². The fourth-order valence-corrected chi connectivity index (χ4v) is 2.92. The van der Waals surface area contributed by atoms with Crippen LogP contribution in [-0.4, -0.2) is 7.05 Å². The Kier molecular flexibility index (Phi) is 3.07. The van der Waals surface area contributed by atoms with Crippen molar-refractivity contribution in [1.29, 1.82) is 0 Å². The number of fused-ring (bicyclic) bond motifs is 1. The Labute approximate surface area is 111 Å². The first kappa shape index (κ1) is 12.3. The van der Waals surface area contributed by atoms with Gasteiger partial charge in [-0.2, -0.15) is 0 Å². The van der Waals surface area contributed by atoms with Gasteiger partial charge in [-0.05, 0) is 42.6 Å². The van der Waals surface area contributed by atoms with Gasteiger partial charge in [-0.25, -0.2) is 8.78 Å². The molecule has 0 fully saturated rings. The van der Waals surface area contributed by atoms with E-state index in [4.69, 9.17) is 0 Å². The number of hydrogen-bond donors (Lipinski definition) is 1. The van der Waals surface area contributed by atoms with Crippen LogP contribution in [-0.2, 0) is 6.42 Å². The van der Waals surface area contributed by atoms with Gasteiger partial charge in [0.15, 0.2) is 11.6 Å². The minimum atomic E-state index is -0.793. The lowest BCUT2D eigenvalue weighted by atomic mass is 9.96. The van der Waals surface area contributed by atoms with Gasteiger partial charge < -0.3 is 5.32 Å². The number of halogens is 2. The van der Waals surface area contributed by atoms with Crippen LogP contribution in [0.4, 0.5) is 8.78 Å². The zero-order valence-corrected chi connectivity index (χ0v) is 10.7. The minimum absolute atomic E-state index is 0.312. The Morgan fingerprint density at radius 2 is 1.79 bits per heavy atom. The normalized spacial score (nSPS) is 17.5. The van der Waals surface area contributed by atoms with Gasteiger partial charge in [-0.1, -0.05) is 30.3 Å². The van der Waals surface area contributed by atoms with Crippen LogP contribution in [0.5, 0.6) is 0 Å². The first-order valence-corrected chi connectivity index (χ1v) is 6.46. The molecule has 0 radical (unpaired) electrons. The van der Waals surface area contributed by atoms with E-state index in [0.717, 1.165) is 30.0 Å². The lowest BCUT2D eigenvalue weighted by Crippen LogP contribution is -2.12. The summed E-state index contributed by atoms with van der Waals surface area (Å²) in [5.74, 6) is -1.55. The van der Waals surface area contributed by atoms with Crippen LogP contribution in [0, 0.1) is 11.6 Å². The highest BCUT2D eigenvalue weighted by atomic mass is 19.2. The van der Waals surface area contributed by atoms with Crippen molar-refractivity contribution in [1.82, 2.24) is 5.32 Å². The summed E-state index contributed by atoms with van der Waals surface area (Å²) >= 11 is 0. The molecule has 0 amide bonds. The van der Waals surface area contributed by atoms with Crippen LogP contribution in [0.3, 0.4) is 0 Å². The molecular weight excluding hydrogens is 244 g/mol. The molecule has 0 heterocycles. The van der Waals surface area contributed by atoms with Crippen LogP contribution in [0.1, 0.15) is 23.6 Å². The molecule has 98 valence electrons. The van der Waals surface area contributed by atoms with Crippen LogP contribution >= 0.6 is 0 Å². The molecule has 1 unspecified atom stereocenters. The van der Waals surface area contributed by atoms with Crippen molar-refractivity contribution >= 4 is 0 Å². The van der Waals surface area contributed by atoms with E-state index in [1.54, 1.807) is 12.1 Å². The van der Waals surface area contributed by atoms with E-state index in [1.807, 2.05) is 19.2 Å². The molecule has 1 aliphatic carbocycles. The molecule has 1 nitrogen and oxygen atoms in total. The third kappa shape index (κ3) is 1.94. The predicted octanol–water partition coefficient (Wildman–Crippen LogP) is 3.84.